The van der Waals surface area contributed by atoms with E-state index in [0.717, 1.165) is 40.2 Å². The molecule has 0 amide bonds. The van der Waals surface area contributed by atoms with Crippen LogP contribution < -0.4 is 5.32 Å². The fraction of sp³-hybridized carbons (Fsp3) is 0.476. The van der Waals surface area contributed by atoms with Crippen molar-refractivity contribution in [2.75, 3.05) is 26.7 Å². The van der Waals surface area contributed by atoms with Crippen LogP contribution in [0.25, 0.3) is 10.6 Å². The minimum atomic E-state index is -0.142. The first-order chi connectivity index (χ1) is 13.5. The Kier molecular flexibility index (Phi) is 8.88. The molecule has 2 aromatic rings. The third-order valence-corrected chi connectivity index (χ3v) is 6.23. The number of likely N-dealkylation sites (tertiary alicyclic amines) is 1. The largest absolute Gasteiger partial charge is 0.469 e. The van der Waals surface area contributed by atoms with Gasteiger partial charge in [0, 0.05) is 30.1 Å². The number of ether oxygens (including phenoxy) is 1. The minimum absolute atomic E-state index is 0. The van der Waals surface area contributed by atoms with E-state index in [1.54, 1.807) is 11.3 Å². The number of thiazole rings is 1. The number of aliphatic imine (C=N–C) groups is 1. The molecular weight excluding hydrogens is 499 g/mol. The molecule has 3 rings (SSSR count). The molecule has 29 heavy (non-hydrogen) atoms. The van der Waals surface area contributed by atoms with Crippen LogP contribution in [0.1, 0.15) is 24.4 Å². The molecule has 0 spiro atoms. The summed E-state index contributed by atoms with van der Waals surface area (Å²) in [7, 11) is 1.45. The molecule has 1 aromatic heterocycles. The lowest BCUT2D eigenvalue weighted by Crippen LogP contribution is -2.40. The lowest BCUT2D eigenvalue weighted by molar-refractivity contribution is -0.145. The third-order valence-electron chi connectivity index (χ3n) is 5.04. The van der Waals surface area contributed by atoms with E-state index in [9.17, 15) is 4.79 Å². The highest BCUT2D eigenvalue weighted by Gasteiger charge is 2.36. The van der Waals surface area contributed by atoms with E-state index >= 15 is 0 Å². The molecule has 1 aliphatic rings. The predicted molar refractivity (Wildman–Crippen MR) is 129 cm³/mol. The first-order valence-electron chi connectivity index (χ1n) is 9.66. The van der Waals surface area contributed by atoms with Gasteiger partial charge in [-0.2, -0.15) is 0 Å². The van der Waals surface area contributed by atoms with Crippen molar-refractivity contribution in [1.82, 2.24) is 15.2 Å². The predicted octanol–water partition coefficient (Wildman–Crippen LogP) is 3.94. The normalized spacial score (nSPS) is 19.0. The van der Waals surface area contributed by atoms with Gasteiger partial charge >= 0.3 is 5.97 Å². The Hall–Kier alpha value is -1.68. The number of carbonyl (C=O) groups excluding carboxylic acids is 1. The summed E-state index contributed by atoms with van der Waals surface area (Å²) in [4.78, 5) is 24.9. The molecule has 0 saturated carbocycles. The molecule has 0 aliphatic carbocycles. The Balaban J connectivity index is 0.00000300. The monoisotopic (exact) mass is 528 g/mol. The van der Waals surface area contributed by atoms with Crippen molar-refractivity contribution in [3.05, 3.63) is 40.9 Å². The fourth-order valence-electron chi connectivity index (χ4n) is 3.45. The van der Waals surface area contributed by atoms with Gasteiger partial charge in [0.15, 0.2) is 5.96 Å². The average molecular weight is 528 g/mol. The van der Waals surface area contributed by atoms with Crippen molar-refractivity contribution in [2.24, 2.45) is 16.8 Å². The van der Waals surface area contributed by atoms with Crippen molar-refractivity contribution in [3.63, 3.8) is 0 Å². The van der Waals surface area contributed by atoms with Crippen LogP contribution in [0.4, 0.5) is 0 Å². The molecule has 2 unspecified atom stereocenters. The quantitative estimate of drug-likeness (QED) is 0.276. The first-order valence-corrected chi connectivity index (χ1v) is 10.5. The summed E-state index contributed by atoms with van der Waals surface area (Å²) in [6.45, 7) is 8.96. The molecule has 2 atom stereocenters. The van der Waals surface area contributed by atoms with Crippen LogP contribution in [0, 0.1) is 18.8 Å². The number of halogens is 1. The number of nitrogens with zero attached hydrogens (tertiary/aromatic N) is 3. The number of hydrogen-bond acceptors (Lipinski definition) is 5. The van der Waals surface area contributed by atoms with Crippen LogP contribution in [-0.4, -0.2) is 48.6 Å². The van der Waals surface area contributed by atoms with Gasteiger partial charge in [-0.25, -0.2) is 9.98 Å². The molecule has 6 nitrogen and oxygen atoms in total. The molecule has 1 aromatic carbocycles. The van der Waals surface area contributed by atoms with Gasteiger partial charge in [-0.15, -0.1) is 35.3 Å². The summed E-state index contributed by atoms with van der Waals surface area (Å²) in [5, 5.41) is 4.38. The van der Waals surface area contributed by atoms with Gasteiger partial charge in [0.05, 0.1) is 25.3 Å². The summed E-state index contributed by atoms with van der Waals surface area (Å²) in [6, 6.07) is 10.2. The maximum atomic E-state index is 12.0. The zero-order chi connectivity index (χ0) is 20.1. The molecule has 8 heteroatoms. The lowest BCUT2D eigenvalue weighted by Gasteiger charge is -2.21. The molecule has 1 aliphatic heterocycles. The number of carbonyl (C=O) groups is 1. The maximum Gasteiger partial charge on any atom is 0.310 e. The molecule has 0 radical (unpaired) electrons. The van der Waals surface area contributed by atoms with Crippen molar-refractivity contribution >= 4 is 47.2 Å². The smallest absolute Gasteiger partial charge is 0.310 e. The molecule has 2 heterocycles. The van der Waals surface area contributed by atoms with Gasteiger partial charge < -0.3 is 15.0 Å². The summed E-state index contributed by atoms with van der Waals surface area (Å²) < 4.78 is 4.95. The van der Waals surface area contributed by atoms with Crippen molar-refractivity contribution in [1.29, 1.82) is 0 Å². The van der Waals surface area contributed by atoms with Crippen LogP contribution in [0.3, 0.4) is 0 Å². The van der Waals surface area contributed by atoms with Crippen LogP contribution in [0.15, 0.2) is 35.3 Å². The van der Waals surface area contributed by atoms with Gasteiger partial charge in [0.2, 0.25) is 0 Å². The SMILES string of the molecule is CCNC(=NCc1sc(-c2ccccc2)nc1C)N1CC(C)C(C(=O)OC)C1.I. The standard InChI is InChI=1S/C21H28N4O2S.HI/c1-5-22-21(25-12-14(2)17(13-25)20(26)27-4)23-11-18-15(3)24-19(28-18)16-9-7-6-8-10-16;/h6-10,14,17H,5,11-13H2,1-4H3,(H,22,23);1H. The highest BCUT2D eigenvalue weighted by atomic mass is 127. The number of aromatic nitrogens is 1. The Morgan fingerprint density at radius 3 is 2.72 bits per heavy atom. The van der Waals surface area contributed by atoms with E-state index in [0.29, 0.717) is 13.1 Å². The maximum absolute atomic E-state index is 12.0. The van der Waals surface area contributed by atoms with E-state index in [1.165, 1.54) is 7.11 Å². The third kappa shape index (κ3) is 5.69. The van der Waals surface area contributed by atoms with Gasteiger partial charge in [0.25, 0.3) is 0 Å². The van der Waals surface area contributed by atoms with E-state index in [1.807, 2.05) is 25.1 Å². The van der Waals surface area contributed by atoms with Crippen molar-refractivity contribution in [2.45, 2.75) is 27.3 Å². The average Bonchev–Trinajstić information content (AvgIpc) is 3.28. The van der Waals surface area contributed by atoms with Crippen LogP contribution >= 0.6 is 35.3 Å². The molecule has 1 N–H and O–H groups in total. The number of esters is 1. The summed E-state index contributed by atoms with van der Waals surface area (Å²) >= 11 is 1.69. The Morgan fingerprint density at radius 2 is 2.07 bits per heavy atom. The number of methoxy groups -OCH3 is 1. The second-order valence-electron chi connectivity index (χ2n) is 7.08. The van der Waals surface area contributed by atoms with Crippen LogP contribution in [0.5, 0.6) is 0 Å². The van der Waals surface area contributed by atoms with E-state index in [4.69, 9.17) is 14.7 Å². The van der Waals surface area contributed by atoms with Gasteiger partial charge in [0.1, 0.15) is 5.01 Å². The number of benzene rings is 1. The fourth-order valence-corrected chi connectivity index (χ4v) is 4.44. The molecule has 1 saturated heterocycles. The van der Waals surface area contributed by atoms with Gasteiger partial charge in [-0.05, 0) is 19.8 Å². The van der Waals surface area contributed by atoms with Crippen LogP contribution in [0.2, 0.25) is 0 Å². The molecule has 158 valence electrons. The number of aryl methyl sites for hydroxylation is 1. The number of hydrogen-bond donors (Lipinski definition) is 1. The highest BCUT2D eigenvalue weighted by molar-refractivity contribution is 14.0. The zero-order valence-electron chi connectivity index (χ0n) is 17.3. The Bertz CT molecular complexity index is 840. The summed E-state index contributed by atoms with van der Waals surface area (Å²) in [5.74, 6) is 0.835. The van der Waals surface area contributed by atoms with E-state index in [-0.39, 0.29) is 41.8 Å². The number of nitrogens with one attached hydrogen (secondary N) is 1. The second-order valence-corrected chi connectivity index (χ2v) is 8.16. The van der Waals surface area contributed by atoms with E-state index in [2.05, 4.69) is 36.2 Å². The molecule has 1 fully saturated rings. The lowest BCUT2D eigenvalue weighted by atomic mass is 9.99. The minimum Gasteiger partial charge on any atom is -0.469 e. The Labute approximate surface area is 193 Å². The second kappa shape index (κ2) is 10.9. The van der Waals surface area contributed by atoms with Crippen molar-refractivity contribution in [3.8, 4) is 10.6 Å². The molecular formula is C21H29IN4O2S. The van der Waals surface area contributed by atoms with Crippen molar-refractivity contribution < 1.29 is 9.53 Å². The van der Waals surface area contributed by atoms with Gasteiger partial charge in [-0.3, -0.25) is 4.79 Å². The van der Waals surface area contributed by atoms with E-state index < -0.39 is 0 Å². The number of rotatable bonds is 5. The van der Waals surface area contributed by atoms with Crippen LogP contribution in [-0.2, 0) is 16.1 Å². The Morgan fingerprint density at radius 1 is 1.34 bits per heavy atom. The zero-order valence-corrected chi connectivity index (χ0v) is 20.5. The summed E-state index contributed by atoms with van der Waals surface area (Å²) in [5.41, 5.74) is 2.15. The number of guanidine groups is 1. The topological polar surface area (TPSA) is 66.8 Å². The highest BCUT2D eigenvalue weighted by Crippen LogP contribution is 2.29. The molecule has 0 bridgehead atoms. The first kappa shape index (κ1) is 23.6. The van der Waals surface area contributed by atoms with Gasteiger partial charge in [-0.1, -0.05) is 37.3 Å². The summed E-state index contributed by atoms with van der Waals surface area (Å²) in [6.07, 6.45) is 0.